The number of ether oxygens (including phenoxy) is 1. The quantitative estimate of drug-likeness (QED) is 0.837. The van der Waals surface area contributed by atoms with E-state index in [2.05, 4.69) is 5.32 Å². The lowest BCUT2D eigenvalue weighted by Gasteiger charge is -2.25. The van der Waals surface area contributed by atoms with E-state index in [1.807, 2.05) is 12.1 Å². The summed E-state index contributed by atoms with van der Waals surface area (Å²) >= 11 is 0. The van der Waals surface area contributed by atoms with Gasteiger partial charge in [-0.15, -0.1) is 0 Å². The second-order valence-electron chi connectivity index (χ2n) is 4.64. The number of benzene rings is 1. The fraction of sp³-hybridized carbons (Fsp3) is 0.429. The zero-order chi connectivity index (χ0) is 15.1. The van der Waals surface area contributed by atoms with Gasteiger partial charge in [-0.3, -0.25) is 4.79 Å². The van der Waals surface area contributed by atoms with Gasteiger partial charge in [0.05, 0.1) is 6.61 Å². The topological polar surface area (TPSA) is 78.9 Å². The number of amides is 2. The van der Waals surface area contributed by atoms with Gasteiger partial charge in [-0.05, 0) is 19.9 Å². The van der Waals surface area contributed by atoms with Crippen molar-refractivity contribution in [1.82, 2.24) is 4.90 Å². The minimum absolute atomic E-state index is 0.208. The van der Waals surface area contributed by atoms with E-state index in [1.165, 1.54) is 4.90 Å². The van der Waals surface area contributed by atoms with Crippen LogP contribution in [-0.4, -0.2) is 41.7 Å². The zero-order valence-corrected chi connectivity index (χ0v) is 11.9. The summed E-state index contributed by atoms with van der Waals surface area (Å²) < 4.78 is 5.06. The smallest absolute Gasteiger partial charge is 0.323 e. The van der Waals surface area contributed by atoms with Gasteiger partial charge in [-0.1, -0.05) is 18.2 Å². The third kappa shape index (κ3) is 4.55. The lowest BCUT2D eigenvalue weighted by atomic mass is 10.2. The van der Waals surface area contributed by atoms with Crippen LogP contribution in [0, 0.1) is 0 Å². The molecule has 0 bridgehead atoms. The van der Waals surface area contributed by atoms with Gasteiger partial charge in [0.1, 0.15) is 6.54 Å². The molecule has 0 spiro atoms. The molecule has 2 N–H and O–H groups in total. The number of rotatable bonds is 6. The van der Waals surface area contributed by atoms with Crippen LogP contribution in [-0.2, 0) is 16.1 Å². The van der Waals surface area contributed by atoms with Gasteiger partial charge >= 0.3 is 12.0 Å². The Bertz CT molecular complexity index is 474. The summed E-state index contributed by atoms with van der Waals surface area (Å²) in [5.74, 6) is -1.04. The molecule has 0 unspecified atom stereocenters. The molecule has 20 heavy (non-hydrogen) atoms. The molecular weight excluding hydrogens is 260 g/mol. The van der Waals surface area contributed by atoms with Gasteiger partial charge in [0.15, 0.2) is 0 Å². The van der Waals surface area contributed by atoms with Crippen molar-refractivity contribution < 1.29 is 19.4 Å². The number of carboxylic acids is 1. The summed E-state index contributed by atoms with van der Waals surface area (Å²) in [6.45, 7) is 3.57. The maximum absolute atomic E-state index is 12.2. The molecule has 0 aliphatic heterocycles. The van der Waals surface area contributed by atoms with Crippen molar-refractivity contribution in [2.24, 2.45) is 0 Å². The van der Waals surface area contributed by atoms with Gasteiger partial charge in [0, 0.05) is 24.4 Å². The summed E-state index contributed by atoms with van der Waals surface area (Å²) in [5.41, 5.74) is 1.46. The SMILES string of the molecule is COCc1ccccc1NC(=O)N(CC(=O)O)C(C)C. The van der Waals surface area contributed by atoms with E-state index in [-0.39, 0.29) is 12.6 Å². The number of nitrogens with zero attached hydrogens (tertiary/aromatic N) is 1. The standard InChI is InChI=1S/C14H20N2O4/c1-10(2)16(8-13(17)18)14(19)15-12-7-5-4-6-11(12)9-20-3/h4-7,10H,8-9H2,1-3H3,(H,15,19)(H,17,18). The number of methoxy groups -OCH3 is 1. The zero-order valence-electron chi connectivity index (χ0n) is 11.9. The van der Waals surface area contributed by atoms with E-state index in [1.54, 1.807) is 33.1 Å². The Balaban J connectivity index is 2.85. The Labute approximate surface area is 118 Å². The molecule has 110 valence electrons. The van der Waals surface area contributed by atoms with E-state index in [0.29, 0.717) is 12.3 Å². The Hall–Kier alpha value is -2.08. The molecule has 0 saturated carbocycles. The van der Waals surface area contributed by atoms with Crippen LogP contribution < -0.4 is 5.32 Å². The van der Waals surface area contributed by atoms with Gasteiger partial charge in [0.2, 0.25) is 0 Å². The van der Waals surface area contributed by atoms with Crippen LogP contribution in [0.2, 0.25) is 0 Å². The van der Waals surface area contributed by atoms with Crippen LogP contribution in [0.15, 0.2) is 24.3 Å². The van der Waals surface area contributed by atoms with Crippen LogP contribution in [0.1, 0.15) is 19.4 Å². The predicted octanol–water partition coefficient (Wildman–Crippen LogP) is 2.16. The van der Waals surface area contributed by atoms with Gasteiger partial charge in [0.25, 0.3) is 0 Å². The third-order valence-electron chi connectivity index (χ3n) is 2.75. The number of urea groups is 1. The highest BCUT2D eigenvalue weighted by Crippen LogP contribution is 2.17. The summed E-state index contributed by atoms with van der Waals surface area (Å²) in [5, 5.41) is 11.6. The molecule has 1 aromatic carbocycles. The van der Waals surface area contributed by atoms with Crippen molar-refractivity contribution in [3.8, 4) is 0 Å². The second kappa shape index (κ2) is 7.49. The number of carbonyl (C=O) groups is 2. The lowest BCUT2D eigenvalue weighted by molar-refractivity contribution is -0.137. The lowest BCUT2D eigenvalue weighted by Crippen LogP contribution is -2.43. The summed E-state index contributed by atoms with van der Waals surface area (Å²) in [7, 11) is 1.57. The molecule has 0 radical (unpaired) electrons. The number of nitrogens with one attached hydrogen (secondary N) is 1. The summed E-state index contributed by atoms with van der Waals surface area (Å²) in [4.78, 5) is 24.2. The van der Waals surface area contributed by atoms with E-state index in [9.17, 15) is 9.59 Å². The molecule has 0 aliphatic carbocycles. The normalized spacial score (nSPS) is 10.4. The number of carbonyl (C=O) groups excluding carboxylic acids is 1. The van der Waals surface area contributed by atoms with Gasteiger partial charge < -0.3 is 20.1 Å². The minimum atomic E-state index is -1.04. The van der Waals surface area contributed by atoms with Crippen molar-refractivity contribution >= 4 is 17.7 Å². The highest BCUT2D eigenvalue weighted by atomic mass is 16.5. The number of anilines is 1. The number of aliphatic carboxylic acids is 1. The van der Waals surface area contributed by atoms with Crippen molar-refractivity contribution in [2.45, 2.75) is 26.5 Å². The first-order valence-electron chi connectivity index (χ1n) is 6.32. The average Bonchev–Trinajstić information content (AvgIpc) is 2.38. The van der Waals surface area contributed by atoms with E-state index in [4.69, 9.17) is 9.84 Å². The molecule has 2 amide bonds. The van der Waals surface area contributed by atoms with Crippen molar-refractivity contribution in [2.75, 3.05) is 19.0 Å². The average molecular weight is 280 g/mol. The molecule has 6 nitrogen and oxygen atoms in total. The molecule has 1 aromatic rings. The highest BCUT2D eigenvalue weighted by Gasteiger charge is 2.20. The van der Waals surface area contributed by atoms with E-state index in [0.717, 1.165) is 5.56 Å². The van der Waals surface area contributed by atoms with Gasteiger partial charge in [-0.25, -0.2) is 4.79 Å². The molecule has 0 aromatic heterocycles. The van der Waals surface area contributed by atoms with Crippen LogP contribution in [0.4, 0.5) is 10.5 Å². The minimum Gasteiger partial charge on any atom is -0.480 e. The largest absolute Gasteiger partial charge is 0.480 e. The number of carboxylic acid groups (broad SMARTS) is 1. The number of hydrogen-bond acceptors (Lipinski definition) is 3. The fourth-order valence-electron chi connectivity index (χ4n) is 1.75. The summed E-state index contributed by atoms with van der Waals surface area (Å²) in [6, 6.07) is 6.60. The first kappa shape index (κ1) is 16.0. The van der Waals surface area contributed by atoms with Crippen LogP contribution in [0.5, 0.6) is 0 Å². The first-order valence-corrected chi connectivity index (χ1v) is 6.32. The van der Waals surface area contributed by atoms with Gasteiger partial charge in [-0.2, -0.15) is 0 Å². The monoisotopic (exact) mass is 280 g/mol. The molecule has 0 saturated heterocycles. The Kier molecular flexibility index (Phi) is 5.99. The summed E-state index contributed by atoms with van der Waals surface area (Å²) in [6.07, 6.45) is 0. The number of para-hydroxylation sites is 1. The van der Waals surface area contributed by atoms with Crippen LogP contribution in [0.3, 0.4) is 0 Å². The molecular formula is C14H20N2O4. The molecule has 0 aliphatic rings. The Morgan fingerprint density at radius 1 is 1.35 bits per heavy atom. The van der Waals surface area contributed by atoms with E-state index >= 15 is 0 Å². The maximum atomic E-state index is 12.2. The third-order valence-corrected chi connectivity index (χ3v) is 2.75. The van der Waals surface area contributed by atoms with Crippen LogP contribution >= 0.6 is 0 Å². The molecule has 6 heteroatoms. The molecule has 0 atom stereocenters. The maximum Gasteiger partial charge on any atom is 0.323 e. The molecule has 0 heterocycles. The number of hydrogen-bond donors (Lipinski definition) is 2. The predicted molar refractivity (Wildman–Crippen MR) is 75.7 cm³/mol. The van der Waals surface area contributed by atoms with Crippen molar-refractivity contribution in [3.63, 3.8) is 0 Å². The first-order chi connectivity index (χ1) is 9.45. The highest BCUT2D eigenvalue weighted by molar-refractivity contribution is 5.92. The van der Waals surface area contributed by atoms with E-state index < -0.39 is 12.0 Å². The second-order valence-corrected chi connectivity index (χ2v) is 4.64. The Morgan fingerprint density at radius 3 is 2.55 bits per heavy atom. The van der Waals surface area contributed by atoms with Crippen molar-refractivity contribution in [1.29, 1.82) is 0 Å². The molecule has 0 fully saturated rings. The molecule has 1 rings (SSSR count). The fourth-order valence-corrected chi connectivity index (χ4v) is 1.75. The van der Waals surface area contributed by atoms with Crippen LogP contribution in [0.25, 0.3) is 0 Å². The Morgan fingerprint density at radius 2 is 2.00 bits per heavy atom. The van der Waals surface area contributed by atoms with Crippen molar-refractivity contribution in [3.05, 3.63) is 29.8 Å².